The maximum Gasteiger partial charge on any atom is 0.326 e. The average Bonchev–Trinajstić information content (AvgIpc) is 4.28. The zero-order valence-corrected chi connectivity index (χ0v) is 47.3. The van der Waals surface area contributed by atoms with E-state index in [0.717, 1.165) is 43.0 Å². The molecule has 3 aromatic rings. The van der Waals surface area contributed by atoms with E-state index in [2.05, 4.69) is 47.2 Å². The van der Waals surface area contributed by atoms with Gasteiger partial charge in [0.1, 0.15) is 48.3 Å². The molecular formula is C57H81N13O13. The van der Waals surface area contributed by atoms with Crippen molar-refractivity contribution in [3.8, 4) is 0 Å². The van der Waals surface area contributed by atoms with Crippen LogP contribution in [-0.2, 0) is 65.6 Å². The molecule has 1 aliphatic heterocycles. The van der Waals surface area contributed by atoms with Crippen LogP contribution in [0.1, 0.15) is 122 Å². The number of carbonyl (C=O) groups excluding carboxylic acids is 9. The topological polar surface area (TPSA) is 422 Å². The normalized spacial score (nSPS) is 16.8. The van der Waals surface area contributed by atoms with E-state index < -0.39 is 133 Å². The summed E-state index contributed by atoms with van der Waals surface area (Å²) >= 11 is 0. The number of aliphatic imine (C=N–C) groups is 1. The molecule has 26 nitrogen and oxygen atoms in total. The van der Waals surface area contributed by atoms with Gasteiger partial charge in [-0.3, -0.25) is 52.9 Å². The molecule has 83 heavy (non-hydrogen) atoms. The average molecular weight is 1160 g/mol. The van der Waals surface area contributed by atoms with E-state index in [4.69, 9.17) is 17.2 Å². The van der Waals surface area contributed by atoms with E-state index in [1.807, 2.05) is 18.2 Å². The molecule has 5 rings (SSSR count). The molecule has 1 aliphatic carbocycles. The third-order valence-electron chi connectivity index (χ3n) is 14.7. The number of para-hydroxylation sites is 1. The van der Waals surface area contributed by atoms with Gasteiger partial charge in [0.05, 0.1) is 6.42 Å². The van der Waals surface area contributed by atoms with Crippen molar-refractivity contribution in [1.82, 2.24) is 47.1 Å². The van der Waals surface area contributed by atoms with E-state index >= 15 is 0 Å². The second-order valence-electron chi connectivity index (χ2n) is 21.8. The van der Waals surface area contributed by atoms with Gasteiger partial charge in [-0.25, -0.2) is 4.79 Å². The van der Waals surface area contributed by atoms with Gasteiger partial charge < -0.3 is 74.5 Å². The van der Waals surface area contributed by atoms with Crippen molar-refractivity contribution in [3.05, 3.63) is 71.9 Å². The van der Waals surface area contributed by atoms with Crippen LogP contribution in [0.4, 0.5) is 0 Å². The highest BCUT2D eigenvalue weighted by Crippen LogP contribution is 2.29. The van der Waals surface area contributed by atoms with Crippen LogP contribution in [0.25, 0.3) is 10.9 Å². The zero-order chi connectivity index (χ0) is 60.8. The molecule has 8 atom stereocenters. The molecule has 2 aliphatic rings. The molecule has 2 aromatic carbocycles. The zero-order valence-electron chi connectivity index (χ0n) is 47.3. The number of fused-ring (bicyclic) bond motifs is 1. The summed E-state index contributed by atoms with van der Waals surface area (Å²) in [6.45, 7) is 4.80. The summed E-state index contributed by atoms with van der Waals surface area (Å²) in [6, 6.07) is 5.02. The first-order valence-corrected chi connectivity index (χ1v) is 28.3. The predicted octanol–water partition coefficient (Wildman–Crippen LogP) is 0.252. The lowest BCUT2D eigenvalue weighted by atomic mass is 9.84. The van der Waals surface area contributed by atoms with Crippen molar-refractivity contribution in [2.75, 3.05) is 13.1 Å². The molecule has 0 radical (unpaired) electrons. The maximum atomic E-state index is 14.7. The number of amides is 9. The number of aliphatic carboxylic acids is 2. The number of rotatable bonds is 32. The number of aromatic amines is 1. The van der Waals surface area contributed by atoms with E-state index in [0.29, 0.717) is 17.5 Å². The number of guanidine groups is 1. The summed E-state index contributed by atoms with van der Waals surface area (Å²) in [7, 11) is 0. The minimum absolute atomic E-state index is 0.00379. The van der Waals surface area contributed by atoms with Crippen molar-refractivity contribution >= 4 is 82.0 Å². The minimum Gasteiger partial charge on any atom is -0.481 e. The summed E-state index contributed by atoms with van der Waals surface area (Å²) < 4.78 is 0. The molecule has 0 spiro atoms. The molecule has 0 unspecified atom stereocenters. The lowest BCUT2D eigenvalue weighted by Crippen LogP contribution is -2.60. The summed E-state index contributed by atoms with van der Waals surface area (Å²) in [5.41, 5.74) is 18.4. The summed E-state index contributed by atoms with van der Waals surface area (Å²) in [5, 5.41) is 39.1. The molecule has 16 N–H and O–H groups in total. The molecule has 452 valence electrons. The number of nitrogens with zero attached hydrogens (tertiary/aromatic N) is 2. The van der Waals surface area contributed by atoms with Gasteiger partial charge in [-0.2, -0.15) is 0 Å². The monoisotopic (exact) mass is 1160 g/mol. The Morgan fingerprint density at radius 1 is 0.651 bits per heavy atom. The lowest BCUT2D eigenvalue weighted by Gasteiger charge is -2.32. The number of likely N-dealkylation sites (tertiary alicyclic amines) is 1. The quantitative estimate of drug-likeness (QED) is 0.0226. The Bertz CT molecular complexity index is 2800. The molecular weight excluding hydrogens is 1070 g/mol. The predicted molar refractivity (Wildman–Crippen MR) is 305 cm³/mol. The number of carboxylic acid groups (broad SMARTS) is 2. The molecule has 2 fully saturated rings. The first-order chi connectivity index (χ1) is 39.5. The highest BCUT2D eigenvalue weighted by atomic mass is 16.4. The summed E-state index contributed by atoms with van der Waals surface area (Å²) in [5.74, 6) is -10.5. The van der Waals surface area contributed by atoms with Crippen molar-refractivity contribution in [2.45, 2.75) is 172 Å². The van der Waals surface area contributed by atoms with Crippen LogP contribution >= 0.6 is 0 Å². The number of nitrogens with one attached hydrogen (secondary N) is 8. The molecule has 1 saturated heterocycles. The van der Waals surface area contributed by atoms with Crippen LogP contribution in [0.2, 0.25) is 0 Å². The molecule has 1 aromatic heterocycles. The van der Waals surface area contributed by atoms with Gasteiger partial charge in [-0.05, 0) is 74.0 Å². The Balaban J connectivity index is 1.37. The van der Waals surface area contributed by atoms with Gasteiger partial charge in [-0.15, -0.1) is 0 Å². The third kappa shape index (κ3) is 21.0. The van der Waals surface area contributed by atoms with Gasteiger partial charge in [-0.1, -0.05) is 94.5 Å². The third-order valence-corrected chi connectivity index (χ3v) is 14.7. The van der Waals surface area contributed by atoms with E-state index in [1.165, 1.54) is 11.8 Å². The van der Waals surface area contributed by atoms with Crippen molar-refractivity contribution in [2.24, 2.45) is 34.0 Å². The SMILES string of the molecule is CC(=O)N[C@@H](Cc1ccccc1)C(=O)N[C@@H](CC(N)=O)C(=O)N[C@H](CC(C)C)C(=O)N[C@H](CCC(=O)O)C(=O)N1CCC[C@H]1C(=O)N[C@H](CC1CCCCC1)C(=O)N[C@@H](Cc1c[nH]c2ccccc12)C(=O)N[C@H](CCCN=C(N)N)C(=O)O. The van der Waals surface area contributed by atoms with Gasteiger partial charge in [0.2, 0.25) is 53.2 Å². The van der Waals surface area contributed by atoms with Gasteiger partial charge in [0.25, 0.3) is 0 Å². The van der Waals surface area contributed by atoms with Crippen LogP contribution in [0.15, 0.2) is 65.8 Å². The number of H-pyrrole nitrogens is 1. The number of benzene rings is 2. The number of carboxylic acids is 2. The largest absolute Gasteiger partial charge is 0.481 e. The van der Waals surface area contributed by atoms with Gasteiger partial charge in [0, 0.05) is 56.4 Å². The number of nitrogens with two attached hydrogens (primary N) is 3. The Kier molecular flexibility index (Phi) is 25.3. The van der Waals surface area contributed by atoms with E-state index in [9.17, 15) is 63.0 Å². The highest BCUT2D eigenvalue weighted by molar-refractivity contribution is 5.99. The summed E-state index contributed by atoms with van der Waals surface area (Å²) in [6.07, 6.45) is 4.85. The second-order valence-corrected chi connectivity index (χ2v) is 21.8. The Morgan fingerprint density at radius 2 is 1.24 bits per heavy atom. The lowest BCUT2D eigenvalue weighted by molar-refractivity contribution is -0.144. The fraction of sp³-hybridized carbons (Fsp3) is 0.544. The number of primary amides is 1. The highest BCUT2D eigenvalue weighted by Gasteiger charge is 2.41. The molecule has 0 bridgehead atoms. The van der Waals surface area contributed by atoms with Crippen molar-refractivity contribution in [1.29, 1.82) is 0 Å². The number of hydrogen-bond acceptors (Lipinski definition) is 12. The van der Waals surface area contributed by atoms with Gasteiger partial charge >= 0.3 is 11.9 Å². The maximum absolute atomic E-state index is 14.7. The van der Waals surface area contributed by atoms with Crippen LogP contribution in [-0.4, -0.2) is 153 Å². The Labute approximate surface area is 481 Å². The Hall–Kier alpha value is -8.58. The fourth-order valence-corrected chi connectivity index (χ4v) is 10.6. The minimum atomic E-state index is -1.63. The van der Waals surface area contributed by atoms with E-state index in [1.54, 1.807) is 56.4 Å². The molecule has 26 heteroatoms. The van der Waals surface area contributed by atoms with Gasteiger partial charge in [0.15, 0.2) is 5.96 Å². The molecule has 1 saturated carbocycles. The first-order valence-electron chi connectivity index (χ1n) is 28.3. The van der Waals surface area contributed by atoms with Crippen molar-refractivity contribution < 1.29 is 63.0 Å². The van der Waals surface area contributed by atoms with Crippen LogP contribution in [0.3, 0.4) is 0 Å². The van der Waals surface area contributed by atoms with Crippen LogP contribution in [0.5, 0.6) is 0 Å². The number of aromatic nitrogens is 1. The van der Waals surface area contributed by atoms with Crippen molar-refractivity contribution in [3.63, 3.8) is 0 Å². The standard InChI is InChI=1S/C57H81N13O13/c1-32(2)26-41(66-53(79)45(30-47(58)72)68-50(76)42(63-33(3)71)27-34-14-6-4-7-15-34)49(75)64-39(22-23-48(73)74)55(81)70-25-13-21-46(70)54(80)69-43(28-35-16-8-5-9-17-35)51(77)67-44(29-36-31-62-38-19-11-10-18-37(36)38)52(78)65-40(56(82)83)20-12-24-61-57(59)60/h4,6-7,10-11,14-15,18-19,31-32,35,39-46,62H,5,8-9,12-13,16-17,20-30H2,1-3H3,(H2,58,72)(H,63,71)(H,64,75)(H,65,78)(H,66,79)(H,67,77)(H,68,76)(H,69,80)(H,73,74)(H,82,83)(H4,59,60,61)/t39-,40-,41-,42+,43-,44+,45+,46+/m1/s1. The smallest absolute Gasteiger partial charge is 0.326 e. The van der Waals surface area contributed by atoms with Crippen LogP contribution < -0.4 is 54.4 Å². The second kappa shape index (κ2) is 32.2. The fourth-order valence-electron chi connectivity index (χ4n) is 10.6. The number of hydrogen-bond donors (Lipinski definition) is 13. The molecule has 2 heterocycles. The summed E-state index contributed by atoms with van der Waals surface area (Å²) in [4.78, 5) is 157. The van der Waals surface area contributed by atoms with Crippen LogP contribution in [0, 0.1) is 11.8 Å². The van der Waals surface area contributed by atoms with E-state index in [-0.39, 0.29) is 75.8 Å². The molecule has 9 amide bonds. The number of carbonyl (C=O) groups is 11. The first kappa shape index (κ1) is 65.2. The Morgan fingerprint density at radius 3 is 1.88 bits per heavy atom.